The van der Waals surface area contributed by atoms with Gasteiger partial charge >= 0.3 is 0 Å². The minimum atomic E-state index is 0.0503. The highest BCUT2D eigenvalue weighted by atomic mass is 16.7. The first kappa shape index (κ1) is 13.3. The van der Waals surface area contributed by atoms with Crippen LogP contribution in [0.3, 0.4) is 0 Å². The summed E-state index contributed by atoms with van der Waals surface area (Å²) < 4.78 is 16.4. The molecule has 0 aromatic heterocycles. The number of hydrogen-bond donors (Lipinski definition) is 1. The van der Waals surface area contributed by atoms with Gasteiger partial charge in [0.2, 0.25) is 0 Å². The summed E-state index contributed by atoms with van der Waals surface area (Å²) in [7, 11) is 0. The van der Waals surface area contributed by atoms with Gasteiger partial charge in [0.05, 0.1) is 12.7 Å². The summed E-state index contributed by atoms with van der Waals surface area (Å²) in [6.45, 7) is 1.83. The van der Waals surface area contributed by atoms with Crippen molar-refractivity contribution >= 4 is 0 Å². The second kappa shape index (κ2) is 7.31. The van der Waals surface area contributed by atoms with Crippen LogP contribution in [-0.2, 0) is 14.2 Å². The van der Waals surface area contributed by atoms with E-state index in [-0.39, 0.29) is 19.0 Å². The van der Waals surface area contributed by atoms with E-state index >= 15 is 0 Å². The van der Waals surface area contributed by atoms with Crippen molar-refractivity contribution in [1.29, 1.82) is 0 Å². The Balaban J connectivity index is 1.36. The molecular weight excluding hydrogens is 220 g/mol. The van der Waals surface area contributed by atoms with E-state index in [4.69, 9.17) is 19.3 Å². The third-order valence-electron chi connectivity index (χ3n) is 3.44. The molecule has 4 heteroatoms. The molecule has 3 atom stereocenters. The van der Waals surface area contributed by atoms with E-state index in [2.05, 4.69) is 0 Å². The zero-order valence-corrected chi connectivity index (χ0v) is 10.5. The zero-order valence-electron chi connectivity index (χ0n) is 10.5. The molecule has 0 spiro atoms. The van der Waals surface area contributed by atoms with Crippen molar-refractivity contribution in [1.82, 2.24) is 0 Å². The summed E-state index contributed by atoms with van der Waals surface area (Å²) in [4.78, 5) is 0. The van der Waals surface area contributed by atoms with Crippen LogP contribution in [0.4, 0.5) is 0 Å². The normalized spacial score (nSPS) is 32.6. The Morgan fingerprint density at radius 2 is 2.06 bits per heavy atom. The third kappa shape index (κ3) is 4.92. The van der Waals surface area contributed by atoms with E-state index in [1.54, 1.807) is 0 Å². The van der Waals surface area contributed by atoms with Gasteiger partial charge < -0.3 is 19.3 Å². The van der Waals surface area contributed by atoms with Crippen molar-refractivity contribution < 1.29 is 19.3 Å². The molecule has 0 aromatic rings. The van der Waals surface area contributed by atoms with Crippen LogP contribution in [0.25, 0.3) is 0 Å². The molecule has 4 nitrogen and oxygen atoms in total. The maximum atomic E-state index is 8.80. The number of aliphatic hydroxyl groups excluding tert-OH is 1. The molecule has 1 unspecified atom stereocenters. The molecule has 2 fully saturated rings. The fourth-order valence-corrected chi connectivity index (χ4v) is 2.28. The fourth-order valence-electron chi connectivity index (χ4n) is 2.28. The summed E-state index contributed by atoms with van der Waals surface area (Å²) in [5, 5.41) is 8.80. The van der Waals surface area contributed by atoms with Gasteiger partial charge in [-0.15, -0.1) is 0 Å². The number of unbranched alkanes of at least 4 members (excludes halogenated alkanes) is 2. The second-order valence-electron chi connectivity index (χ2n) is 4.91. The lowest BCUT2D eigenvalue weighted by Crippen LogP contribution is -2.22. The minimum Gasteiger partial charge on any atom is -0.394 e. The number of epoxide rings is 1. The molecule has 2 aliphatic rings. The van der Waals surface area contributed by atoms with Gasteiger partial charge in [-0.2, -0.15) is 0 Å². The predicted octanol–water partition coefficient (Wildman–Crippen LogP) is 1.85. The lowest BCUT2D eigenvalue weighted by molar-refractivity contribution is -0.162. The van der Waals surface area contributed by atoms with Crippen LogP contribution >= 0.6 is 0 Å². The van der Waals surface area contributed by atoms with Gasteiger partial charge in [0.1, 0.15) is 6.10 Å². The van der Waals surface area contributed by atoms with E-state index in [0.29, 0.717) is 6.10 Å². The molecule has 0 amide bonds. The maximum absolute atomic E-state index is 8.80. The highest BCUT2D eigenvalue weighted by Gasteiger charge is 2.36. The number of aliphatic hydroxyl groups is 1. The fraction of sp³-hybridized carbons (Fsp3) is 1.00. The van der Waals surface area contributed by atoms with Crippen molar-refractivity contribution in [3.8, 4) is 0 Å². The molecule has 0 bridgehead atoms. The summed E-state index contributed by atoms with van der Waals surface area (Å²) in [5.74, 6) is 0. The zero-order chi connectivity index (χ0) is 11.9. The number of hydrogen-bond acceptors (Lipinski definition) is 4. The predicted molar refractivity (Wildman–Crippen MR) is 63.8 cm³/mol. The first-order valence-electron chi connectivity index (χ1n) is 6.89. The Labute approximate surface area is 103 Å². The van der Waals surface area contributed by atoms with Crippen molar-refractivity contribution in [3.05, 3.63) is 0 Å². The maximum Gasteiger partial charge on any atom is 0.157 e. The van der Waals surface area contributed by atoms with E-state index in [0.717, 1.165) is 38.9 Å². The first-order valence-corrected chi connectivity index (χ1v) is 6.89. The smallest absolute Gasteiger partial charge is 0.157 e. The lowest BCUT2D eigenvalue weighted by atomic mass is 10.1. The SMILES string of the molecule is OC[C@@H]1O[C@H]1CCCCCOC1CCCCO1. The van der Waals surface area contributed by atoms with Crippen molar-refractivity contribution in [2.45, 2.75) is 63.4 Å². The molecule has 0 radical (unpaired) electrons. The molecule has 2 saturated heterocycles. The summed E-state index contributed by atoms with van der Waals surface area (Å²) >= 11 is 0. The topological polar surface area (TPSA) is 51.2 Å². The lowest BCUT2D eigenvalue weighted by Gasteiger charge is -2.22. The van der Waals surface area contributed by atoms with Crippen LogP contribution < -0.4 is 0 Å². The van der Waals surface area contributed by atoms with E-state index in [1.807, 2.05) is 0 Å². The van der Waals surface area contributed by atoms with Crippen molar-refractivity contribution in [2.24, 2.45) is 0 Å². The number of ether oxygens (including phenoxy) is 3. The standard InChI is InChI=1S/C13H24O4/c14-10-12-11(17-12)6-2-1-4-8-15-13-7-3-5-9-16-13/h11-14H,1-10H2/t11-,12-,13?/m0/s1. The Kier molecular flexibility index (Phi) is 5.71. The average Bonchev–Trinajstić information content (AvgIpc) is 3.13. The average molecular weight is 244 g/mol. The Morgan fingerprint density at radius 1 is 1.12 bits per heavy atom. The molecule has 100 valence electrons. The summed E-state index contributed by atoms with van der Waals surface area (Å²) in [6.07, 6.45) is 8.45. The Morgan fingerprint density at radius 3 is 2.76 bits per heavy atom. The quantitative estimate of drug-likeness (QED) is 0.523. The number of rotatable bonds is 8. The molecule has 0 aliphatic carbocycles. The van der Waals surface area contributed by atoms with Gasteiger partial charge in [0, 0.05) is 13.2 Å². The van der Waals surface area contributed by atoms with Crippen LogP contribution in [0, 0.1) is 0 Å². The van der Waals surface area contributed by atoms with Crippen LogP contribution in [0.15, 0.2) is 0 Å². The summed E-state index contributed by atoms with van der Waals surface area (Å²) in [6, 6.07) is 0. The van der Waals surface area contributed by atoms with Gasteiger partial charge in [-0.3, -0.25) is 0 Å². The van der Waals surface area contributed by atoms with Gasteiger partial charge in [-0.25, -0.2) is 0 Å². The summed E-state index contributed by atoms with van der Waals surface area (Å²) in [5.41, 5.74) is 0. The molecule has 2 heterocycles. The van der Waals surface area contributed by atoms with Gasteiger partial charge in [0.15, 0.2) is 6.29 Å². The molecule has 0 saturated carbocycles. The van der Waals surface area contributed by atoms with Crippen LogP contribution in [-0.4, -0.2) is 43.4 Å². The largest absolute Gasteiger partial charge is 0.394 e. The van der Waals surface area contributed by atoms with Gasteiger partial charge in [0.25, 0.3) is 0 Å². The van der Waals surface area contributed by atoms with Crippen molar-refractivity contribution in [2.75, 3.05) is 19.8 Å². The van der Waals surface area contributed by atoms with Crippen LogP contribution in [0.1, 0.15) is 44.9 Å². The van der Waals surface area contributed by atoms with Gasteiger partial charge in [-0.05, 0) is 32.1 Å². The Bertz CT molecular complexity index is 204. The van der Waals surface area contributed by atoms with E-state index in [9.17, 15) is 0 Å². The molecule has 2 aliphatic heterocycles. The highest BCUT2D eigenvalue weighted by molar-refractivity contribution is 4.83. The van der Waals surface area contributed by atoms with Crippen LogP contribution in [0.5, 0.6) is 0 Å². The first-order chi connectivity index (χ1) is 8.40. The monoisotopic (exact) mass is 244 g/mol. The molecule has 1 N–H and O–H groups in total. The third-order valence-corrected chi connectivity index (χ3v) is 3.44. The van der Waals surface area contributed by atoms with E-state index < -0.39 is 0 Å². The minimum absolute atomic E-state index is 0.0503. The van der Waals surface area contributed by atoms with E-state index in [1.165, 1.54) is 19.3 Å². The van der Waals surface area contributed by atoms with Crippen LogP contribution in [0.2, 0.25) is 0 Å². The molecule has 0 aromatic carbocycles. The Hall–Kier alpha value is -0.160. The molecular formula is C13H24O4. The molecule has 17 heavy (non-hydrogen) atoms. The second-order valence-corrected chi connectivity index (χ2v) is 4.91. The van der Waals surface area contributed by atoms with Gasteiger partial charge in [-0.1, -0.05) is 12.8 Å². The highest BCUT2D eigenvalue weighted by Crippen LogP contribution is 2.26. The molecule has 2 rings (SSSR count). The van der Waals surface area contributed by atoms with Crippen molar-refractivity contribution in [3.63, 3.8) is 0 Å².